The van der Waals surface area contributed by atoms with Crippen LogP contribution in [0.1, 0.15) is 5.56 Å². The highest BCUT2D eigenvalue weighted by Crippen LogP contribution is 2.34. The molecule has 0 saturated carbocycles. The summed E-state index contributed by atoms with van der Waals surface area (Å²) >= 11 is 0. The van der Waals surface area contributed by atoms with Crippen LogP contribution in [0.2, 0.25) is 0 Å². The van der Waals surface area contributed by atoms with E-state index >= 15 is 0 Å². The van der Waals surface area contributed by atoms with E-state index in [0.29, 0.717) is 17.2 Å². The van der Waals surface area contributed by atoms with E-state index in [-0.39, 0.29) is 12.5 Å². The molecule has 1 aliphatic rings. The Bertz CT molecular complexity index is 991. The Morgan fingerprint density at radius 3 is 2.36 bits per heavy atom. The number of benzene rings is 2. The van der Waals surface area contributed by atoms with E-state index < -0.39 is 34.2 Å². The van der Waals surface area contributed by atoms with Gasteiger partial charge in [0.25, 0.3) is 0 Å². The number of nitrogens with one attached hydrogen (secondary N) is 1. The standard InChI is InChI=1S/C17H15F3N2O5S/c1-28(24,25)22(13-5-2-11(3-6-13)17(18,19)20)9-16(23)21-12-4-7-14-15(8-12)27-10-26-14/h2-8H,9-10H2,1H3,(H,21,23). The fraction of sp³-hybridized carbons (Fsp3) is 0.235. The quantitative estimate of drug-likeness (QED) is 0.810. The van der Waals surface area contributed by atoms with E-state index in [1.807, 2.05) is 0 Å². The lowest BCUT2D eigenvalue weighted by molar-refractivity contribution is -0.137. The van der Waals surface area contributed by atoms with Crippen molar-refractivity contribution in [1.82, 2.24) is 0 Å². The summed E-state index contributed by atoms with van der Waals surface area (Å²) < 4.78 is 73.2. The number of anilines is 2. The van der Waals surface area contributed by atoms with Gasteiger partial charge in [0.05, 0.1) is 17.5 Å². The van der Waals surface area contributed by atoms with Gasteiger partial charge in [-0.25, -0.2) is 8.42 Å². The maximum Gasteiger partial charge on any atom is 0.416 e. The summed E-state index contributed by atoms with van der Waals surface area (Å²) in [5.41, 5.74) is -0.624. The zero-order chi connectivity index (χ0) is 20.5. The molecule has 0 fully saturated rings. The second-order valence-corrected chi connectivity index (χ2v) is 7.84. The van der Waals surface area contributed by atoms with Crippen molar-refractivity contribution in [1.29, 1.82) is 0 Å². The first kappa shape index (κ1) is 19.8. The first-order valence-electron chi connectivity index (χ1n) is 7.88. The molecule has 0 radical (unpaired) electrons. The number of sulfonamides is 1. The molecule has 7 nitrogen and oxygen atoms in total. The van der Waals surface area contributed by atoms with E-state index in [1.165, 1.54) is 6.07 Å². The molecule has 1 N–H and O–H groups in total. The highest BCUT2D eigenvalue weighted by molar-refractivity contribution is 7.92. The number of carbonyl (C=O) groups is 1. The van der Waals surface area contributed by atoms with Gasteiger partial charge in [0.1, 0.15) is 6.54 Å². The van der Waals surface area contributed by atoms with Crippen LogP contribution in [0, 0.1) is 0 Å². The number of amides is 1. The van der Waals surface area contributed by atoms with E-state index in [9.17, 15) is 26.4 Å². The van der Waals surface area contributed by atoms with Crippen LogP contribution < -0.4 is 19.1 Å². The topological polar surface area (TPSA) is 84.9 Å². The summed E-state index contributed by atoms with van der Waals surface area (Å²) in [5, 5.41) is 2.52. The third-order valence-electron chi connectivity index (χ3n) is 3.83. The molecule has 3 rings (SSSR count). The van der Waals surface area contributed by atoms with Crippen LogP contribution in [0.25, 0.3) is 0 Å². The fourth-order valence-electron chi connectivity index (χ4n) is 2.52. The molecule has 0 aliphatic carbocycles. The number of hydrogen-bond donors (Lipinski definition) is 1. The van der Waals surface area contributed by atoms with E-state index in [4.69, 9.17) is 9.47 Å². The number of halogens is 3. The average Bonchev–Trinajstić information content (AvgIpc) is 3.06. The summed E-state index contributed by atoms with van der Waals surface area (Å²) in [6, 6.07) is 8.15. The summed E-state index contributed by atoms with van der Waals surface area (Å²) in [5.74, 6) is 0.269. The monoisotopic (exact) mass is 416 g/mol. The lowest BCUT2D eigenvalue weighted by Crippen LogP contribution is -2.37. The van der Waals surface area contributed by atoms with Crippen molar-refractivity contribution >= 4 is 27.3 Å². The first-order chi connectivity index (χ1) is 13.0. The molecule has 0 bridgehead atoms. The van der Waals surface area contributed by atoms with E-state index in [2.05, 4.69) is 5.32 Å². The Kier molecular flexibility index (Phi) is 5.11. The van der Waals surface area contributed by atoms with Gasteiger partial charge in [0.2, 0.25) is 22.7 Å². The third kappa shape index (κ3) is 4.47. The number of hydrogen-bond acceptors (Lipinski definition) is 5. The molecule has 11 heteroatoms. The molecule has 1 amide bonds. The molecule has 2 aromatic carbocycles. The molecule has 1 aliphatic heterocycles. The zero-order valence-electron chi connectivity index (χ0n) is 14.5. The smallest absolute Gasteiger partial charge is 0.416 e. The molecule has 150 valence electrons. The predicted octanol–water partition coefficient (Wildman–Crippen LogP) is 2.84. The van der Waals surface area contributed by atoms with Crippen LogP contribution in [-0.4, -0.2) is 33.9 Å². The van der Waals surface area contributed by atoms with Gasteiger partial charge < -0.3 is 14.8 Å². The Balaban J connectivity index is 1.76. The molecule has 1 heterocycles. The van der Waals surface area contributed by atoms with Crippen LogP contribution in [0.15, 0.2) is 42.5 Å². The Morgan fingerprint density at radius 1 is 1.11 bits per heavy atom. The van der Waals surface area contributed by atoms with Crippen LogP contribution in [0.3, 0.4) is 0 Å². The molecule has 28 heavy (non-hydrogen) atoms. The van der Waals surface area contributed by atoms with Crippen molar-refractivity contribution < 1.29 is 35.9 Å². The second kappa shape index (κ2) is 7.23. The number of nitrogens with zero attached hydrogens (tertiary/aromatic N) is 1. The SMILES string of the molecule is CS(=O)(=O)N(CC(=O)Nc1ccc2c(c1)OCO2)c1ccc(C(F)(F)F)cc1. The van der Waals surface area contributed by atoms with Gasteiger partial charge in [0, 0.05) is 11.8 Å². The second-order valence-electron chi connectivity index (χ2n) is 5.93. The third-order valence-corrected chi connectivity index (χ3v) is 4.97. The van der Waals surface area contributed by atoms with E-state index in [0.717, 1.165) is 34.8 Å². The number of carbonyl (C=O) groups excluding carboxylic acids is 1. The van der Waals surface area contributed by atoms with Gasteiger partial charge in [-0.2, -0.15) is 13.2 Å². The molecule has 2 aromatic rings. The molecule has 0 aromatic heterocycles. The van der Waals surface area contributed by atoms with Gasteiger partial charge in [-0.1, -0.05) is 0 Å². The van der Waals surface area contributed by atoms with Crippen LogP contribution >= 0.6 is 0 Å². The molecule has 0 atom stereocenters. The first-order valence-corrected chi connectivity index (χ1v) is 9.73. The van der Waals surface area contributed by atoms with Gasteiger partial charge >= 0.3 is 6.18 Å². The van der Waals surface area contributed by atoms with Gasteiger partial charge in [-0.15, -0.1) is 0 Å². The highest BCUT2D eigenvalue weighted by Gasteiger charge is 2.31. The van der Waals surface area contributed by atoms with Crippen molar-refractivity contribution in [3.05, 3.63) is 48.0 Å². The van der Waals surface area contributed by atoms with Crippen LogP contribution in [-0.2, 0) is 21.0 Å². The number of fused-ring (bicyclic) bond motifs is 1. The zero-order valence-corrected chi connectivity index (χ0v) is 15.3. The largest absolute Gasteiger partial charge is 0.454 e. The lowest BCUT2D eigenvalue weighted by Gasteiger charge is -2.22. The Hall–Kier alpha value is -2.95. The van der Waals surface area contributed by atoms with Crippen molar-refractivity contribution in [2.75, 3.05) is 29.2 Å². The average molecular weight is 416 g/mol. The summed E-state index contributed by atoms with van der Waals surface area (Å²) in [6.45, 7) is -0.554. The van der Waals surface area contributed by atoms with E-state index in [1.54, 1.807) is 12.1 Å². The minimum Gasteiger partial charge on any atom is -0.454 e. The normalized spacial score (nSPS) is 13.3. The minimum absolute atomic E-state index is 0.0580. The number of alkyl halides is 3. The minimum atomic E-state index is -4.55. The molecular formula is C17H15F3N2O5S. The molecule has 0 saturated heterocycles. The van der Waals surface area contributed by atoms with Gasteiger partial charge in [-0.05, 0) is 36.4 Å². The number of ether oxygens (including phenoxy) is 2. The van der Waals surface area contributed by atoms with Gasteiger partial charge in [0.15, 0.2) is 11.5 Å². The predicted molar refractivity (Wildman–Crippen MR) is 94.8 cm³/mol. The molecular weight excluding hydrogens is 401 g/mol. The summed E-state index contributed by atoms with van der Waals surface area (Å²) in [7, 11) is -3.92. The summed E-state index contributed by atoms with van der Waals surface area (Å²) in [4.78, 5) is 12.3. The highest BCUT2D eigenvalue weighted by atomic mass is 32.2. The fourth-order valence-corrected chi connectivity index (χ4v) is 3.38. The van der Waals surface area contributed by atoms with Crippen molar-refractivity contribution in [3.8, 4) is 11.5 Å². The summed E-state index contributed by atoms with van der Waals surface area (Å²) in [6.07, 6.45) is -3.69. The van der Waals surface area contributed by atoms with Gasteiger partial charge in [-0.3, -0.25) is 9.10 Å². The van der Waals surface area contributed by atoms with Crippen molar-refractivity contribution in [2.45, 2.75) is 6.18 Å². The Labute approximate surface area is 158 Å². The molecule has 0 unspecified atom stereocenters. The van der Waals surface area contributed by atoms with Crippen LogP contribution in [0.5, 0.6) is 11.5 Å². The maximum absolute atomic E-state index is 12.7. The lowest BCUT2D eigenvalue weighted by atomic mass is 10.2. The van der Waals surface area contributed by atoms with Crippen molar-refractivity contribution in [2.24, 2.45) is 0 Å². The van der Waals surface area contributed by atoms with Crippen LogP contribution in [0.4, 0.5) is 24.5 Å². The molecule has 0 spiro atoms. The number of rotatable bonds is 5. The van der Waals surface area contributed by atoms with Crippen molar-refractivity contribution in [3.63, 3.8) is 0 Å². The maximum atomic E-state index is 12.7. The Morgan fingerprint density at radius 2 is 1.75 bits per heavy atom.